The van der Waals surface area contributed by atoms with Crippen LogP contribution in [0.1, 0.15) is 41.6 Å². The second-order valence-corrected chi connectivity index (χ2v) is 5.60. The van der Waals surface area contributed by atoms with Gasteiger partial charge in [0, 0.05) is 7.11 Å². The van der Waals surface area contributed by atoms with Gasteiger partial charge in [-0.2, -0.15) is 0 Å². The highest BCUT2D eigenvalue weighted by Gasteiger charge is 2.29. The highest BCUT2D eigenvalue weighted by molar-refractivity contribution is 7.13. The van der Waals surface area contributed by atoms with Crippen molar-refractivity contribution in [1.29, 1.82) is 0 Å². The lowest BCUT2D eigenvalue weighted by atomic mass is 9.89. The summed E-state index contributed by atoms with van der Waals surface area (Å²) in [7, 11) is 3.01. The standard InChI is InChI=1S/C11H17NO3S/c1-11(2,3)8(14-4)9-12-6-7(16-9)10(13)15-5/h6,8H,1-5H3. The number of nitrogens with zero attached hydrogens (tertiary/aromatic N) is 1. The molecule has 0 fully saturated rings. The molecule has 0 saturated carbocycles. The second kappa shape index (κ2) is 4.93. The van der Waals surface area contributed by atoms with E-state index in [1.165, 1.54) is 24.6 Å². The highest BCUT2D eigenvalue weighted by atomic mass is 32.1. The summed E-state index contributed by atoms with van der Waals surface area (Å²) in [6.45, 7) is 6.21. The van der Waals surface area contributed by atoms with Gasteiger partial charge in [-0.3, -0.25) is 0 Å². The van der Waals surface area contributed by atoms with Gasteiger partial charge in [-0.1, -0.05) is 20.8 Å². The van der Waals surface area contributed by atoms with Crippen LogP contribution in [-0.4, -0.2) is 25.2 Å². The molecule has 0 N–H and O–H groups in total. The minimum atomic E-state index is -0.354. The van der Waals surface area contributed by atoms with Crippen molar-refractivity contribution in [2.24, 2.45) is 5.41 Å². The number of methoxy groups -OCH3 is 2. The molecule has 4 nitrogen and oxygen atoms in total. The topological polar surface area (TPSA) is 48.4 Å². The van der Waals surface area contributed by atoms with Gasteiger partial charge in [0.1, 0.15) is 16.0 Å². The van der Waals surface area contributed by atoms with Crippen molar-refractivity contribution in [3.8, 4) is 0 Å². The lowest BCUT2D eigenvalue weighted by Crippen LogP contribution is -2.19. The van der Waals surface area contributed by atoms with E-state index in [1.54, 1.807) is 7.11 Å². The van der Waals surface area contributed by atoms with Gasteiger partial charge in [0.2, 0.25) is 0 Å². The second-order valence-electron chi connectivity index (χ2n) is 4.54. The normalized spacial score (nSPS) is 13.6. The molecule has 5 heteroatoms. The number of aromatic nitrogens is 1. The monoisotopic (exact) mass is 243 g/mol. The fourth-order valence-electron chi connectivity index (χ4n) is 1.43. The summed E-state index contributed by atoms with van der Waals surface area (Å²) in [5, 5.41) is 0.801. The van der Waals surface area contributed by atoms with Gasteiger partial charge >= 0.3 is 5.97 Å². The maximum atomic E-state index is 11.3. The Labute approximate surface area is 99.6 Å². The van der Waals surface area contributed by atoms with Gasteiger partial charge in [0.25, 0.3) is 0 Å². The van der Waals surface area contributed by atoms with Crippen LogP contribution in [0.4, 0.5) is 0 Å². The average molecular weight is 243 g/mol. The summed E-state index contributed by atoms with van der Waals surface area (Å²) >= 11 is 1.31. The number of hydrogen-bond acceptors (Lipinski definition) is 5. The Morgan fingerprint density at radius 3 is 2.50 bits per heavy atom. The molecular weight excluding hydrogens is 226 g/mol. The number of hydrogen-bond donors (Lipinski definition) is 0. The maximum Gasteiger partial charge on any atom is 0.349 e. The summed E-state index contributed by atoms with van der Waals surface area (Å²) in [5.41, 5.74) is -0.0556. The minimum absolute atomic E-state index is 0.0556. The van der Waals surface area contributed by atoms with E-state index in [4.69, 9.17) is 4.74 Å². The largest absolute Gasteiger partial charge is 0.465 e. The molecule has 0 bridgehead atoms. The summed E-state index contributed by atoms with van der Waals surface area (Å²) < 4.78 is 10.1. The zero-order chi connectivity index (χ0) is 12.3. The van der Waals surface area contributed by atoms with Gasteiger partial charge < -0.3 is 9.47 Å². The van der Waals surface area contributed by atoms with Crippen LogP contribution in [0.5, 0.6) is 0 Å². The molecule has 0 radical (unpaired) electrons. The molecule has 16 heavy (non-hydrogen) atoms. The predicted octanol–water partition coefficient (Wildman–Crippen LogP) is 2.66. The molecule has 0 saturated heterocycles. The number of thiazole rings is 1. The van der Waals surface area contributed by atoms with Gasteiger partial charge in [-0.15, -0.1) is 11.3 Å². The Balaban J connectivity index is 2.96. The Hall–Kier alpha value is -0.940. The molecule has 0 aromatic carbocycles. The first kappa shape index (κ1) is 13.1. The predicted molar refractivity (Wildman–Crippen MR) is 62.7 cm³/mol. The summed E-state index contributed by atoms with van der Waals surface area (Å²) in [5.74, 6) is -0.354. The molecule has 0 aliphatic rings. The third kappa shape index (κ3) is 2.80. The summed E-state index contributed by atoms with van der Waals surface area (Å²) in [6.07, 6.45) is 1.42. The van der Waals surface area contributed by atoms with E-state index in [0.717, 1.165) is 5.01 Å². The van der Waals surface area contributed by atoms with Crippen molar-refractivity contribution >= 4 is 17.3 Å². The number of rotatable bonds is 3. The van der Waals surface area contributed by atoms with Gasteiger partial charge in [-0.25, -0.2) is 9.78 Å². The van der Waals surface area contributed by atoms with Crippen LogP contribution in [0.2, 0.25) is 0 Å². The molecule has 90 valence electrons. The van der Waals surface area contributed by atoms with Crippen LogP contribution in [0.3, 0.4) is 0 Å². The van der Waals surface area contributed by atoms with E-state index in [1.807, 2.05) is 0 Å². The quantitative estimate of drug-likeness (QED) is 0.766. The van der Waals surface area contributed by atoms with Gasteiger partial charge in [0.15, 0.2) is 0 Å². The first-order chi connectivity index (χ1) is 7.40. The van der Waals surface area contributed by atoms with Crippen molar-refractivity contribution in [3.63, 3.8) is 0 Å². The number of esters is 1. The SMILES string of the molecule is COC(=O)c1cnc(C(OC)C(C)(C)C)s1. The van der Waals surface area contributed by atoms with Gasteiger partial charge in [0.05, 0.1) is 13.3 Å². The zero-order valence-electron chi connectivity index (χ0n) is 10.2. The third-order valence-electron chi connectivity index (χ3n) is 2.16. The van der Waals surface area contributed by atoms with Crippen molar-refractivity contribution in [2.45, 2.75) is 26.9 Å². The molecule has 1 aromatic heterocycles. The molecule has 0 aliphatic heterocycles. The summed E-state index contributed by atoms with van der Waals surface area (Å²) in [4.78, 5) is 16.0. The average Bonchev–Trinajstić information content (AvgIpc) is 2.64. The molecule has 0 amide bonds. The van der Waals surface area contributed by atoms with E-state index in [0.29, 0.717) is 4.88 Å². The Morgan fingerprint density at radius 2 is 2.06 bits per heavy atom. The van der Waals surface area contributed by atoms with Crippen LogP contribution < -0.4 is 0 Å². The fourth-order valence-corrected chi connectivity index (χ4v) is 2.59. The Bertz CT molecular complexity index is 368. The first-order valence-corrected chi connectivity index (χ1v) is 5.78. The molecule has 0 spiro atoms. The van der Waals surface area contributed by atoms with Gasteiger partial charge in [-0.05, 0) is 5.41 Å². The molecular formula is C11H17NO3S. The van der Waals surface area contributed by atoms with E-state index in [-0.39, 0.29) is 17.5 Å². The first-order valence-electron chi connectivity index (χ1n) is 4.97. The lowest BCUT2D eigenvalue weighted by Gasteiger charge is -2.27. The Morgan fingerprint density at radius 1 is 1.44 bits per heavy atom. The smallest absolute Gasteiger partial charge is 0.349 e. The van der Waals surface area contributed by atoms with Crippen LogP contribution in [0, 0.1) is 5.41 Å². The van der Waals surface area contributed by atoms with E-state index in [9.17, 15) is 4.79 Å². The van der Waals surface area contributed by atoms with Crippen LogP contribution in [0.25, 0.3) is 0 Å². The third-order valence-corrected chi connectivity index (χ3v) is 3.18. The van der Waals surface area contributed by atoms with Crippen molar-refractivity contribution in [2.75, 3.05) is 14.2 Å². The van der Waals surface area contributed by atoms with E-state index in [2.05, 4.69) is 30.5 Å². The minimum Gasteiger partial charge on any atom is -0.465 e. The van der Waals surface area contributed by atoms with Crippen molar-refractivity contribution < 1.29 is 14.3 Å². The Kier molecular flexibility index (Phi) is 4.04. The van der Waals surface area contributed by atoms with Crippen molar-refractivity contribution in [1.82, 2.24) is 4.98 Å². The number of carbonyl (C=O) groups is 1. The molecule has 1 aromatic rings. The lowest BCUT2D eigenvalue weighted by molar-refractivity contribution is 0.0150. The molecule has 1 unspecified atom stereocenters. The number of ether oxygens (including phenoxy) is 2. The maximum absolute atomic E-state index is 11.3. The van der Waals surface area contributed by atoms with Crippen LogP contribution in [-0.2, 0) is 9.47 Å². The van der Waals surface area contributed by atoms with E-state index < -0.39 is 0 Å². The van der Waals surface area contributed by atoms with Crippen molar-refractivity contribution in [3.05, 3.63) is 16.1 Å². The molecule has 1 atom stereocenters. The fraction of sp³-hybridized carbons (Fsp3) is 0.636. The zero-order valence-corrected chi connectivity index (χ0v) is 11.1. The van der Waals surface area contributed by atoms with E-state index >= 15 is 0 Å². The molecule has 1 rings (SSSR count). The summed E-state index contributed by atoms with van der Waals surface area (Å²) in [6, 6.07) is 0. The van der Waals surface area contributed by atoms with Crippen LogP contribution in [0.15, 0.2) is 6.20 Å². The van der Waals surface area contributed by atoms with Crippen LogP contribution >= 0.6 is 11.3 Å². The molecule has 0 aliphatic carbocycles. The highest BCUT2D eigenvalue weighted by Crippen LogP contribution is 2.37. The number of carbonyl (C=O) groups excluding carboxylic acids is 1. The molecule has 1 heterocycles.